The van der Waals surface area contributed by atoms with Crippen molar-refractivity contribution in [3.05, 3.63) is 30.1 Å². The van der Waals surface area contributed by atoms with Crippen molar-refractivity contribution in [2.75, 3.05) is 0 Å². The molecule has 0 saturated heterocycles. The molecule has 0 spiro atoms. The summed E-state index contributed by atoms with van der Waals surface area (Å²) in [5, 5.41) is 17.3. The van der Waals surface area contributed by atoms with Crippen LogP contribution in [-0.4, -0.2) is 21.2 Å². The van der Waals surface area contributed by atoms with Crippen LogP contribution in [0.25, 0.3) is 0 Å². The van der Waals surface area contributed by atoms with Crippen molar-refractivity contribution in [2.45, 2.75) is 6.10 Å². The van der Waals surface area contributed by atoms with Crippen molar-refractivity contribution in [1.82, 2.24) is 4.98 Å². The van der Waals surface area contributed by atoms with E-state index in [0.717, 1.165) is 0 Å². The number of rotatable bonds is 2. The molecule has 0 aliphatic heterocycles. The Kier molecular flexibility index (Phi) is 4.25. The maximum absolute atomic E-state index is 10.2. The molecular formula is C7H8ClNO3. The SMILES string of the molecule is Cl.O=C(O)[C@H](O)c1cccnc1. The molecule has 0 amide bonds. The first-order valence-corrected chi connectivity index (χ1v) is 3.02. The Balaban J connectivity index is 0.00000121. The third-order valence-corrected chi connectivity index (χ3v) is 1.23. The van der Waals surface area contributed by atoms with Crippen LogP contribution in [0.4, 0.5) is 0 Å². The van der Waals surface area contributed by atoms with E-state index >= 15 is 0 Å². The molecule has 0 fully saturated rings. The number of aliphatic carboxylic acids is 1. The number of pyridine rings is 1. The molecule has 1 aromatic rings. The Bertz CT molecular complexity index is 252. The van der Waals surface area contributed by atoms with Gasteiger partial charge >= 0.3 is 5.97 Å². The van der Waals surface area contributed by atoms with Gasteiger partial charge in [-0.05, 0) is 6.07 Å². The van der Waals surface area contributed by atoms with Gasteiger partial charge in [-0.25, -0.2) is 4.79 Å². The normalized spacial score (nSPS) is 11.4. The minimum absolute atomic E-state index is 0. The number of aliphatic hydroxyl groups excluding tert-OH is 1. The molecule has 2 N–H and O–H groups in total. The summed E-state index contributed by atoms with van der Waals surface area (Å²) in [6.45, 7) is 0. The number of aromatic nitrogens is 1. The van der Waals surface area contributed by atoms with E-state index in [4.69, 9.17) is 10.2 Å². The second-order valence-corrected chi connectivity index (χ2v) is 2.03. The molecule has 0 radical (unpaired) electrons. The Hall–Kier alpha value is -1.13. The second-order valence-electron chi connectivity index (χ2n) is 2.03. The number of carboxylic acid groups (broad SMARTS) is 1. The van der Waals surface area contributed by atoms with Crippen molar-refractivity contribution in [2.24, 2.45) is 0 Å². The average molecular weight is 190 g/mol. The third-order valence-electron chi connectivity index (χ3n) is 1.23. The first-order chi connectivity index (χ1) is 5.22. The standard InChI is InChI=1S/C7H7NO3.ClH/c9-6(7(10)11)5-2-1-3-8-4-5;/h1-4,6,9H,(H,10,11);1H/t6-;/m1./s1. The van der Waals surface area contributed by atoms with Crippen LogP contribution in [0.1, 0.15) is 11.7 Å². The van der Waals surface area contributed by atoms with Gasteiger partial charge in [-0.15, -0.1) is 12.4 Å². The van der Waals surface area contributed by atoms with E-state index in [0.29, 0.717) is 5.56 Å². The van der Waals surface area contributed by atoms with E-state index in [1.807, 2.05) is 0 Å². The van der Waals surface area contributed by atoms with E-state index in [9.17, 15) is 4.79 Å². The largest absolute Gasteiger partial charge is 0.479 e. The van der Waals surface area contributed by atoms with Crippen molar-refractivity contribution in [3.63, 3.8) is 0 Å². The summed E-state index contributed by atoms with van der Waals surface area (Å²) in [4.78, 5) is 13.9. The fourth-order valence-corrected chi connectivity index (χ4v) is 0.680. The van der Waals surface area contributed by atoms with Crippen molar-refractivity contribution in [1.29, 1.82) is 0 Å². The quantitative estimate of drug-likeness (QED) is 0.716. The number of carbonyl (C=O) groups is 1. The molecule has 0 saturated carbocycles. The molecule has 4 nitrogen and oxygen atoms in total. The first kappa shape index (κ1) is 10.9. The highest BCUT2D eigenvalue weighted by Gasteiger charge is 2.14. The lowest BCUT2D eigenvalue weighted by Crippen LogP contribution is -2.10. The van der Waals surface area contributed by atoms with Gasteiger partial charge in [-0.3, -0.25) is 4.98 Å². The second kappa shape index (κ2) is 4.69. The number of aliphatic hydroxyl groups is 1. The zero-order valence-corrected chi connectivity index (χ0v) is 6.86. The molecule has 0 aromatic carbocycles. The summed E-state index contributed by atoms with van der Waals surface area (Å²) >= 11 is 0. The monoisotopic (exact) mass is 189 g/mol. The zero-order chi connectivity index (χ0) is 8.27. The highest BCUT2D eigenvalue weighted by molar-refractivity contribution is 5.85. The predicted octanol–water partition coefficient (Wildman–Crippen LogP) is 0.621. The van der Waals surface area contributed by atoms with Crippen LogP contribution in [0.15, 0.2) is 24.5 Å². The zero-order valence-electron chi connectivity index (χ0n) is 6.04. The van der Waals surface area contributed by atoms with E-state index in [1.165, 1.54) is 18.5 Å². The summed E-state index contributed by atoms with van der Waals surface area (Å²) in [6.07, 6.45) is 1.36. The van der Waals surface area contributed by atoms with Crippen molar-refractivity contribution < 1.29 is 15.0 Å². The van der Waals surface area contributed by atoms with Gasteiger partial charge in [-0.2, -0.15) is 0 Å². The fraction of sp³-hybridized carbons (Fsp3) is 0.143. The van der Waals surface area contributed by atoms with E-state index in [2.05, 4.69) is 4.98 Å². The molecule has 0 unspecified atom stereocenters. The molecule has 0 aliphatic carbocycles. The molecule has 0 bridgehead atoms. The van der Waals surface area contributed by atoms with Crippen molar-refractivity contribution >= 4 is 18.4 Å². The van der Waals surface area contributed by atoms with Crippen LogP contribution in [0.2, 0.25) is 0 Å². The molecule has 1 rings (SSSR count). The Labute approximate surface area is 75.3 Å². The molecule has 1 heterocycles. The number of nitrogens with zero attached hydrogens (tertiary/aromatic N) is 1. The lowest BCUT2D eigenvalue weighted by Gasteiger charge is -2.02. The highest BCUT2D eigenvalue weighted by Crippen LogP contribution is 2.09. The molecule has 1 atom stereocenters. The topological polar surface area (TPSA) is 70.4 Å². The van der Waals surface area contributed by atoms with Crippen LogP contribution >= 0.6 is 12.4 Å². The predicted molar refractivity (Wildman–Crippen MR) is 44.1 cm³/mol. The van der Waals surface area contributed by atoms with Gasteiger partial charge in [0.05, 0.1) is 0 Å². The molecule has 5 heteroatoms. The first-order valence-electron chi connectivity index (χ1n) is 3.02. The van der Waals surface area contributed by atoms with Crippen LogP contribution in [-0.2, 0) is 4.79 Å². The minimum Gasteiger partial charge on any atom is -0.479 e. The summed E-state index contributed by atoms with van der Waals surface area (Å²) in [6, 6.07) is 3.08. The lowest BCUT2D eigenvalue weighted by molar-refractivity contribution is -0.146. The van der Waals surface area contributed by atoms with Gasteiger partial charge in [0.1, 0.15) is 0 Å². The number of halogens is 1. The van der Waals surface area contributed by atoms with Crippen molar-refractivity contribution in [3.8, 4) is 0 Å². The maximum atomic E-state index is 10.2. The van der Waals surface area contributed by atoms with E-state index in [-0.39, 0.29) is 12.4 Å². The molecule has 1 aromatic heterocycles. The Morgan fingerprint density at radius 1 is 1.58 bits per heavy atom. The van der Waals surface area contributed by atoms with Gasteiger partial charge in [-0.1, -0.05) is 6.07 Å². The van der Waals surface area contributed by atoms with E-state index < -0.39 is 12.1 Å². The summed E-state index contributed by atoms with van der Waals surface area (Å²) < 4.78 is 0. The van der Waals surface area contributed by atoms with Crippen LogP contribution < -0.4 is 0 Å². The smallest absolute Gasteiger partial charge is 0.337 e. The lowest BCUT2D eigenvalue weighted by atomic mass is 10.2. The molecular weight excluding hydrogens is 182 g/mol. The minimum atomic E-state index is -1.47. The van der Waals surface area contributed by atoms with Crippen LogP contribution in [0, 0.1) is 0 Å². The summed E-state index contributed by atoms with van der Waals surface area (Å²) in [7, 11) is 0. The number of hydrogen-bond donors (Lipinski definition) is 2. The van der Waals surface area contributed by atoms with Gasteiger partial charge in [0, 0.05) is 18.0 Å². The maximum Gasteiger partial charge on any atom is 0.337 e. The fourth-order valence-electron chi connectivity index (χ4n) is 0.680. The Morgan fingerprint density at radius 3 is 2.67 bits per heavy atom. The van der Waals surface area contributed by atoms with E-state index in [1.54, 1.807) is 6.07 Å². The molecule has 0 aliphatic rings. The summed E-state index contributed by atoms with van der Waals surface area (Å²) in [5.41, 5.74) is 0.292. The highest BCUT2D eigenvalue weighted by atomic mass is 35.5. The molecule has 12 heavy (non-hydrogen) atoms. The Morgan fingerprint density at radius 2 is 2.25 bits per heavy atom. The van der Waals surface area contributed by atoms with Crippen LogP contribution in [0.5, 0.6) is 0 Å². The van der Waals surface area contributed by atoms with Gasteiger partial charge in [0.15, 0.2) is 6.10 Å². The third kappa shape index (κ3) is 2.48. The van der Waals surface area contributed by atoms with Gasteiger partial charge < -0.3 is 10.2 Å². The summed E-state index contributed by atoms with van der Waals surface area (Å²) in [5.74, 6) is -1.27. The van der Waals surface area contributed by atoms with Gasteiger partial charge in [0.2, 0.25) is 0 Å². The number of hydrogen-bond acceptors (Lipinski definition) is 3. The number of carboxylic acids is 1. The molecule has 66 valence electrons. The van der Waals surface area contributed by atoms with Crippen LogP contribution in [0.3, 0.4) is 0 Å². The average Bonchev–Trinajstić information content (AvgIpc) is 2.05. The van der Waals surface area contributed by atoms with Gasteiger partial charge in [0.25, 0.3) is 0 Å².